The molecular weight excluding hydrogens is 336 g/mol. The molecule has 0 unspecified atom stereocenters. The third-order valence-corrected chi connectivity index (χ3v) is 4.02. The summed E-state index contributed by atoms with van der Waals surface area (Å²) in [6.45, 7) is 0. The lowest BCUT2D eigenvalue weighted by molar-refractivity contribution is -0.141. The van der Waals surface area contributed by atoms with Crippen LogP contribution in [-0.2, 0) is 16.0 Å². The second-order valence-electron chi connectivity index (χ2n) is 5.81. The van der Waals surface area contributed by atoms with E-state index in [1.807, 2.05) is 0 Å². The van der Waals surface area contributed by atoms with E-state index in [1.165, 1.54) is 18.3 Å². The van der Waals surface area contributed by atoms with Crippen molar-refractivity contribution < 1.29 is 24.6 Å². The van der Waals surface area contributed by atoms with Crippen LogP contribution in [0.4, 0.5) is 0 Å². The maximum Gasteiger partial charge on any atom is 0.326 e. The normalized spacial score (nSPS) is 11.8. The molecule has 1 heterocycles. The summed E-state index contributed by atoms with van der Waals surface area (Å²) in [4.78, 5) is 39.0. The topological polar surface area (TPSA) is 119 Å². The molecule has 0 aliphatic carbocycles. The number of rotatable bonds is 6. The molecule has 7 heteroatoms. The number of Topliss-reactive ketones (excluding diaryl/α,β-unsaturated/α-hetero) is 1. The molecule has 0 fully saturated rings. The number of aromatic amines is 1. The number of fused-ring (bicyclic) bond motifs is 1. The summed E-state index contributed by atoms with van der Waals surface area (Å²) in [5.41, 5.74) is 1.50. The van der Waals surface area contributed by atoms with Gasteiger partial charge in [0.1, 0.15) is 11.8 Å². The van der Waals surface area contributed by atoms with Gasteiger partial charge in [-0.05, 0) is 23.8 Å². The smallest absolute Gasteiger partial charge is 0.326 e. The second-order valence-corrected chi connectivity index (χ2v) is 5.81. The Morgan fingerprint density at radius 1 is 1.04 bits per heavy atom. The fraction of sp³-hybridized carbons (Fsp3) is 0.105. The number of carboxylic acid groups (broad SMARTS) is 1. The van der Waals surface area contributed by atoms with Gasteiger partial charge in [0.05, 0.1) is 5.56 Å². The highest BCUT2D eigenvalue weighted by Gasteiger charge is 2.26. The molecule has 4 N–H and O–H groups in total. The van der Waals surface area contributed by atoms with Crippen LogP contribution in [0.3, 0.4) is 0 Å². The van der Waals surface area contributed by atoms with Crippen LogP contribution < -0.4 is 5.32 Å². The highest BCUT2D eigenvalue weighted by Crippen LogP contribution is 2.18. The molecule has 0 aliphatic rings. The zero-order chi connectivity index (χ0) is 18.7. The van der Waals surface area contributed by atoms with Gasteiger partial charge < -0.3 is 20.5 Å². The maximum atomic E-state index is 12.4. The molecule has 2 aromatic carbocycles. The number of phenols is 1. The minimum Gasteiger partial charge on any atom is -0.508 e. The first-order valence-corrected chi connectivity index (χ1v) is 7.87. The molecule has 132 valence electrons. The van der Waals surface area contributed by atoms with Crippen molar-refractivity contribution >= 4 is 28.6 Å². The van der Waals surface area contributed by atoms with Gasteiger partial charge in [-0.3, -0.25) is 9.59 Å². The first-order chi connectivity index (χ1) is 12.5. The zero-order valence-corrected chi connectivity index (χ0v) is 13.6. The van der Waals surface area contributed by atoms with Gasteiger partial charge in [0.2, 0.25) is 0 Å². The molecule has 3 rings (SSSR count). The monoisotopic (exact) mass is 352 g/mol. The third kappa shape index (κ3) is 3.56. The Bertz CT molecular complexity index is 975. The molecule has 1 aromatic heterocycles. The van der Waals surface area contributed by atoms with Crippen LogP contribution >= 0.6 is 0 Å². The lowest BCUT2D eigenvalue weighted by Gasteiger charge is -2.14. The van der Waals surface area contributed by atoms with E-state index in [4.69, 9.17) is 0 Å². The van der Waals surface area contributed by atoms with E-state index in [0.717, 1.165) is 0 Å². The molecule has 1 amide bonds. The Morgan fingerprint density at radius 2 is 1.73 bits per heavy atom. The number of H-pyrrole nitrogens is 1. The van der Waals surface area contributed by atoms with Gasteiger partial charge in [0.15, 0.2) is 0 Å². The lowest BCUT2D eigenvalue weighted by Crippen LogP contribution is -2.45. The largest absolute Gasteiger partial charge is 0.508 e. The summed E-state index contributed by atoms with van der Waals surface area (Å²) in [5.74, 6) is -2.99. The Balaban J connectivity index is 1.76. The van der Waals surface area contributed by atoms with Crippen LogP contribution in [0, 0.1) is 0 Å². The summed E-state index contributed by atoms with van der Waals surface area (Å²) in [6, 6.07) is 11.7. The number of phenolic OH excluding ortho intramolecular Hbond substituents is 1. The number of aromatic hydroxyl groups is 1. The van der Waals surface area contributed by atoms with Crippen LogP contribution in [0.25, 0.3) is 10.9 Å². The molecule has 0 aliphatic heterocycles. The number of carboxylic acids is 1. The molecule has 3 aromatic rings. The molecule has 0 radical (unpaired) electrons. The van der Waals surface area contributed by atoms with E-state index in [2.05, 4.69) is 10.3 Å². The molecule has 0 saturated heterocycles. The van der Waals surface area contributed by atoms with E-state index in [9.17, 15) is 24.6 Å². The van der Waals surface area contributed by atoms with Crippen LogP contribution in [0.5, 0.6) is 5.75 Å². The Hall–Kier alpha value is -3.61. The van der Waals surface area contributed by atoms with Gasteiger partial charge >= 0.3 is 5.97 Å². The number of hydrogen-bond acceptors (Lipinski definition) is 4. The number of benzene rings is 2. The number of amides is 1. The number of carbonyl (C=O) groups excluding carboxylic acids is 2. The van der Waals surface area contributed by atoms with Crippen molar-refractivity contribution in [2.24, 2.45) is 0 Å². The molecule has 0 spiro atoms. The van der Waals surface area contributed by atoms with Gasteiger partial charge in [-0.1, -0.05) is 30.3 Å². The number of para-hydroxylation sites is 1. The second kappa shape index (κ2) is 7.10. The summed E-state index contributed by atoms with van der Waals surface area (Å²) >= 11 is 0. The Labute approximate surface area is 148 Å². The minimum absolute atomic E-state index is 0.0114. The van der Waals surface area contributed by atoms with Crippen molar-refractivity contribution in [3.8, 4) is 5.75 Å². The molecule has 0 saturated carbocycles. The van der Waals surface area contributed by atoms with Crippen molar-refractivity contribution in [2.75, 3.05) is 0 Å². The van der Waals surface area contributed by atoms with E-state index in [-0.39, 0.29) is 17.7 Å². The van der Waals surface area contributed by atoms with Crippen LogP contribution in [0.15, 0.2) is 54.7 Å². The average Bonchev–Trinajstić information content (AvgIpc) is 3.06. The number of aliphatic carboxylic acids is 1. The number of nitrogens with one attached hydrogen (secondary N) is 2. The van der Waals surface area contributed by atoms with Crippen molar-refractivity contribution in [2.45, 2.75) is 12.5 Å². The Kier molecular flexibility index (Phi) is 4.70. The number of aromatic nitrogens is 1. The SMILES string of the molecule is O=C(N[C@H](Cc1ccc(O)cc1)C(=O)O)C(=O)c1c[nH]c2ccccc12. The van der Waals surface area contributed by atoms with Gasteiger partial charge in [-0.25, -0.2) is 4.79 Å². The van der Waals surface area contributed by atoms with Crippen LogP contribution in [-0.4, -0.2) is 38.9 Å². The summed E-state index contributed by atoms with van der Waals surface area (Å²) in [5, 5.41) is 21.5. The van der Waals surface area contributed by atoms with Gasteiger partial charge in [-0.15, -0.1) is 0 Å². The highest BCUT2D eigenvalue weighted by molar-refractivity contribution is 6.45. The number of ketones is 1. The van der Waals surface area contributed by atoms with Gasteiger partial charge in [-0.2, -0.15) is 0 Å². The Morgan fingerprint density at radius 3 is 2.42 bits per heavy atom. The molecule has 1 atom stereocenters. The van der Waals surface area contributed by atoms with Crippen molar-refractivity contribution in [1.29, 1.82) is 0 Å². The standard InChI is InChI=1S/C19H16N2O5/c22-12-7-5-11(6-8-12)9-16(19(25)26)21-18(24)17(23)14-10-20-15-4-2-1-3-13(14)15/h1-8,10,16,20,22H,9H2,(H,21,24)(H,25,26)/t16-/m1/s1. The van der Waals surface area contributed by atoms with Gasteiger partial charge in [0, 0.05) is 23.5 Å². The zero-order valence-electron chi connectivity index (χ0n) is 13.6. The van der Waals surface area contributed by atoms with Gasteiger partial charge in [0.25, 0.3) is 11.7 Å². The predicted octanol–water partition coefficient (Wildman–Crippen LogP) is 1.87. The van der Waals surface area contributed by atoms with Crippen molar-refractivity contribution in [3.05, 3.63) is 65.9 Å². The average molecular weight is 352 g/mol. The molecule has 0 bridgehead atoms. The maximum absolute atomic E-state index is 12.4. The van der Waals surface area contributed by atoms with Crippen LogP contribution in [0.2, 0.25) is 0 Å². The predicted molar refractivity (Wildman–Crippen MR) is 94.0 cm³/mol. The molecular formula is C19H16N2O5. The van der Waals surface area contributed by atoms with Crippen molar-refractivity contribution in [3.63, 3.8) is 0 Å². The lowest BCUT2D eigenvalue weighted by atomic mass is 10.0. The van der Waals surface area contributed by atoms with E-state index in [0.29, 0.717) is 16.5 Å². The highest BCUT2D eigenvalue weighted by atomic mass is 16.4. The van der Waals surface area contributed by atoms with Crippen LogP contribution in [0.1, 0.15) is 15.9 Å². The van der Waals surface area contributed by atoms with E-state index in [1.54, 1.807) is 36.4 Å². The summed E-state index contributed by atoms with van der Waals surface area (Å²) < 4.78 is 0. The molecule has 7 nitrogen and oxygen atoms in total. The first-order valence-electron chi connectivity index (χ1n) is 7.87. The fourth-order valence-electron chi connectivity index (χ4n) is 2.67. The molecule has 26 heavy (non-hydrogen) atoms. The summed E-state index contributed by atoms with van der Waals surface area (Å²) in [7, 11) is 0. The summed E-state index contributed by atoms with van der Waals surface area (Å²) in [6.07, 6.45) is 1.42. The first kappa shape index (κ1) is 17.2. The number of carbonyl (C=O) groups is 3. The fourth-order valence-corrected chi connectivity index (χ4v) is 2.67. The number of hydrogen-bond donors (Lipinski definition) is 4. The van der Waals surface area contributed by atoms with Crippen molar-refractivity contribution in [1.82, 2.24) is 10.3 Å². The van der Waals surface area contributed by atoms with E-state index < -0.39 is 23.7 Å². The minimum atomic E-state index is -1.26. The third-order valence-electron chi connectivity index (χ3n) is 4.02. The quantitative estimate of drug-likeness (QED) is 0.399. The van der Waals surface area contributed by atoms with E-state index >= 15 is 0 Å².